The van der Waals surface area contributed by atoms with Crippen LogP contribution in [0.25, 0.3) is 11.4 Å². The Balaban J connectivity index is 1.46. The number of nitrogens with two attached hydrogens (primary N) is 2. The van der Waals surface area contributed by atoms with Gasteiger partial charge in [-0.2, -0.15) is 15.5 Å². The molecule has 12 nitrogen and oxygen atoms in total. The van der Waals surface area contributed by atoms with Crippen molar-refractivity contribution in [2.75, 3.05) is 29.9 Å². The van der Waals surface area contributed by atoms with E-state index in [9.17, 15) is 5.26 Å². The number of nitrogen functional groups attached to an aromatic ring is 2. The Morgan fingerprint density at radius 2 is 1.91 bits per heavy atom. The summed E-state index contributed by atoms with van der Waals surface area (Å²) < 4.78 is 5.43. The summed E-state index contributed by atoms with van der Waals surface area (Å²) >= 11 is 0. The van der Waals surface area contributed by atoms with Gasteiger partial charge in [0.2, 0.25) is 17.7 Å². The van der Waals surface area contributed by atoms with Gasteiger partial charge in [0.15, 0.2) is 6.19 Å². The minimum atomic E-state index is -0.614. The number of nitriles is 2. The number of aliphatic imine (C=N–C) groups is 1. The van der Waals surface area contributed by atoms with Crippen LogP contribution in [-0.4, -0.2) is 39.1 Å². The molecule has 1 fully saturated rings. The van der Waals surface area contributed by atoms with E-state index in [2.05, 4.69) is 35.7 Å². The van der Waals surface area contributed by atoms with E-state index in [1.54, 1.807) is 0 Å². The molecule has 5 rings (SSSR count). The van der Waals surface area contributed by atoms with Gasteiger partial charge in [-0.3, -0.25) is 10.2 Å². The number of hydrogen-bond donors (Lipinski definition) is 4. The van der Waals surface area contributed by atoms with Crippen LogP contribution >= 0.6 is 0 Å². The number of likely N-dealkylation sites (tertiary alicyclic amines) is 1. The number of nitrogens with one attached hydrogen (secondary N) is 2. The number of nitrogens with zero attached hydrogens (tertiary/aromatic N) is 7. The highest BCUT2D eigenvalue weighted by Crippen LogP contribution is 2.40. The molecular weight excluding hydrogens is 434 g/mol. The summed E-state index contributed by atoms with van der Waals surface area (Å²) in [5.41, 5.74) is 14.5. The van der Waals surface area contributed by atoms with Crippen LogP contribution in [-0.2, 0) is 6.54 Å². The Bertz CT molecular complexity index is 1340. The highest BCUT2D eigenvalue weighted by molar-refractivity contribution is 5.98. The van der Waals surface area contributed by atoms with Crippen LogP contribution in [0.15, 0.2) is 33.8 Å². The van der Waals surface area contributed by atoms with E-state index >= 15 is 0 Å². The Morgan fingerprint density at radius 1 is 1.15 bits per heavy atom. The fraction of sp³-hybridized carbons (Fsp3) is 0.273. The zero-order chi connectivity index (χ0) is 23.7. The van der Waals surface area contributed by atoms with Crippen molar-refractivity contribution < 1.29 is 4.52 Å². The molecule has 2 aromatic heterocycles. The summed E-state index contributed by atoms with van der Waals surface area (Å²) in [6.45, 7) is 2.74. The molecule has 1 unspecified atom stereocenters. The van der Waals surface area contributed by atoms with Crippen molar-refractivity contribution in [2.24, 2.45) is 4.99 Å². The molecule has 3 aromatic rings. The molecule has 34 heavy (non-hydrogen) atoms. The predicted molar refractivity (Wildman–Crippen MR) is 124 cm³/mol. The van der Waals surface area contributed by atoms with E-state index in [1.807, 2.05) is 36.5 Å². The molecule has 0 aliphatic carbocycles. The van der Waals surface area contributed by atoms with Gasteiger partial charge in [0.05, 0.1) is 12.2 Å². The monoisotopic (exact) mass is 455 g/mol. The Morgan fingerprint density at radius 3 is 2.62 bits per heavy atom. The third-order valence-corrected chi connectivity index (χ3v) is 5.87. The number of fused-ring (bicyclic) bond motifs is 1. The quantitative estimate of drug-likeness (QED) is 0.330. The van der Waals surface area contributed by atoms with Crippen molar-refractivity contribution in [3.8, 4) is 23.7 Å². The zero-order valence-electron chi connectivity index (χ0n) is 18.1. The van der Waals surface area contributed by atoms with Gasteiger partial charge < -0.3 is 21.3 Å². The lowest BCUT2D eigenvalue weighted by Crippen LogP contribution is -2.32. The molecule has 6 N–H and O–H groups in total. The molecule has 0 spiro atoms. The van der Waals surface area contributed by atoms with Crippen molar-refractivity contribution >= 4 is 23.3 Å². The van der Waals surface area contributed by atoms with E-state index in [1.165, 1.54) is 12.8 Å². The normalized spacial score (nSPS) is 17.2. The number of guanidine groups is 1. The van der Waals surface area contributed by atoms with E-state index in [0.717, 1.165) is 24.2 Å². The van der Waals surface area contributed by atoms with Crippen LogP contribution in [0, 0.1) is 22.8 Å². The maximum atomic E-state index is 9.46. The molecular formula is C22H21N11O. The van der Waals surface area contributed by atoms with E-state index in [-0.39, 0.29) is 23.0 Å². The number of anilines is 3. The molecule has 4 heterocycles. The van der Waals surface area contributed by atoms with Gasteiger partial charge in [-0.25, -0.2) is 9.98 Å². The van der Waals surface area contributed by atoms with Gasteiger partial charge in [-0.05, 0) is 31.5 Å². The van der Waals surface area contributed by atoms with Crippen LogP contribution in [0.4, 0.5) is 17.3 Å². The standard InChI is InChI=1S/C22H21N11O/c23-9-14-17(25)16-18(29-22(27-11-24)31-21(16)30-19(14)26)12-3-5-13(6-4-12)20-28-15(34-32-20)10-33-7-1-2-8-33/h3-6,18H,1-2,7-8,10H2,(H6,25,26,27,29,30,31). The Hall–Kier alpha value is -4.68. The molecule has 2 aliphatic rings. The summed E-state index contributed by atoms with van der Waals surface area (Å²) in [7, 11) is 0. The molecule has 0 amide bonds. The Kier molecular flexibility index (Phi) is 5.41. The first-order valence-electron chi connectivity index (χ1n) is 10.7. The van der Waals surface area contributed by atoms with Crippen LogP contribution in [0.5, 0.6) is 0 Å². The van der Waals surface area contributed by atoms with Crippen molar-refractivity contribution in [3.63, 3.8) is 0 Å². The molecule has 1 saturated heterocycles. The van der Waals surface area contributed by atoms with Crippen molar-refractivity contribution in [1.29, 1.82) is 10.5 Å². The average Bonchev–Trinajstić information content (AvgIpc) is 3.52. The van der Waals surface area contributed by atoms with Crippen LogP contribution in [0.3, 0.4) is 0 Å². The molecule has 12 heteroatoms. The van der Waals surface area contributed by atoms with Gasteiger partial charge in [0.1, 0.15) is 29.3 Å². The minimum Gasteiger partial charge on any atom is -0.397 e. The molecule has 0 radical (unpaired) electrons. The molecule has 2 aliphatic heterocycles. The maximum Gasteiger partial charge on any atom is 0.241 e. The van der Waals surface area contributed by atoms with Gasteiger partial charge in [-0.1, -0.05) is 29.4 Å². The van der Waals surface area contributed by atoms with Gasteiger partial charge in [0.25, 0.3) is 0 Å². The van der Waals surface area contributed by atoms with Crippen molar-refractivity contribution in [1.82, 2.24) is 25.3 Å². The van der Waals surface area contributed by atoms with Crippen LogP contribution < -0.4 is 22.1 Å². The van der Waals surface area contributed by atoms with Gasteiger partial charge >= 0.3 is 0 Å². The predicted octanol–water partition coefficient (Wildman–Crippen LogP) is 1.71. The van der Waals surface area contributed by atoms with Crippen LogP contribution in [0.1, 0.15) is 41.5 Å². The topological polar surface area (TPSA) is 191 Å². The average molecular weight is 455 g/mol. The first-order chi connectivity index (χ1) is 16.6. The number of rotatable bonds is 4. The third kappa shape index (κ3) is 3.83. The summed E-state index contributed by atoms with van der Waals surface area (Å²) in [5.74, 6) is 1.62. The van der Waals surface area contributed by atoms with Gasteiger partial charge in [0, 0.05) is 11.1 Å². The number of benzene rings is 1. The lowest BCUT2D eigenvalue weighted by molar-refractivity contribution is 0.268. The lowest BCUT2D eigenvalue weighted by atomic mass is 9.94. The zero-order valence-corrected chi connectivity index (χ0v) is 18.1. The Labute approximate surface area is 194 Å². The summed E-state index contributed by atoms with van der Waals surface area (Å²) in [6, 6.07) is 8.83. The smallest absolute Gasteiger partial charge is 0.241 e. The second-order valence-corrected chi connectivity index (χ2v) is 8.02. The fourth-order valence-electron chi connectivity index (χ4n) is 4.20. The lowest BCUT2D eigenvalue weighted by Gasteiger charge is -2.26. The van der Waals surface area contributed by atoms with Crippen molar-refractivity contribution in [2.45, 2.75) is 25.4 Å². The molecule has 1 aromatic carbocycles. The highest BCUT2D eigenvalue weighted by atomic mass is 16.5. The number of pyridine rings is 1. The number of hydrogen-bond acceptors (Lipinski definition) is 12. The second kappa shape index (κ2) is 8.69. The summed E-state index contributed by atoms with van der Waals surface area (Å²) in [4.78, 5) is 15.6. The summed E-state index contributed by atoms with van der Waals surface area (Å²) in [6.07, 6.45) is 4.22. The highest BCUT2D eigenvalue weighted by Gasteiger charge is 2.29. The molecule has 1 atom stereocenters. The van der Waals surface area contributed by atoms with Crippen molar-refractivity contribution in [3.05, 3.63) is 46.8 Å². The molecule has 0 saturated carbocycles. The number of aromatic nitrogens is 3. The summed E-state index contributed by atoms with van der Waals surface area (Å²) in [5, 5.41) is 28.0. The SMILES string of the molecule is N#CNC1=NC(c2ccc(-c3noc(CN4CCCC4)n3)cc2)c2c(nc(N)c(C#N)c2N)N1. The first kappa shape index (κ1) is 21.2. The van der Waals surface area contributed by atoms with Crippen LogP contribution in [0.2, 0.25) is 0 Å². The molecule has 0 bridgehead atoms. The van der Waals surface area contributed by atoms with E-state index < -0.39 is 6.04 Å². The molecule has 170 valence electrons. The second-order valence-electron chi connectivity index (χ2n) is 8.02. The first-order valence-corrected chi connectivity index (χ1v) is 10.7. The third-order valence-electron chi connectivity index (χ3n) is 5.87. The maximum absolute atomic E-state index is 9.46. The van der Waals surface area contributed by atoms with E-state index in [4.69, 9.17) is 21.3 Å². The van der Waals surface area contributed by atoms with Gasteiger partial charge in [-0.15, -0.1) is 0 Å². The fourth-order valence-corrected chi connectivity index (χ4v) is 4.20. The minimum absolute atomic E-state index is 0.000367. The largest absolute Gasteiger partial charge is 0.397 e. The van der Waals surface area contributed by atoms with E-state index in [0.29, 0.717) is 29.6 Å².